The summed E-state index contributed by atoms with van der Waals surface area (Å²) in [5.41, 5.74) is 0.951. The predicted octanol–water partition coefficient (Wildman–Crippen LogP) is 2.45. The Labute approximate surface area is 123 Å². The van der Waals surface area contributed by atoms with Crippen molar-refractivity contribution in [3.8, 4) is 0 Å². The average Bonchev–Trinajstić information content (AvgIpc) is 2.73. The van der Waals surface area contributed by atoms with Crippen LogP contribution >= 0.6 is 27.7 Å². The molecule has 1 atom stereocenters. The van der Waals surface area contributed by atoms with Gasteiger partial charge in [0.1, 0.15) is 5.37 Å². The number of hydrogen-bond acceptors (Lipinski definition) is 4. The molecule has 1 heterocycles. The molecule has 2 rings (SSSR count). The van der Waals surface area contributed by atoms with Crippen molar-refractivity contribution in [3.63, 3.8) is 0 Å². The van der Waals surface area contributed by atoms with E-state index in [-0.39, 0.29) is 17.2 Å². The number of carbonyl (C=O) groups is 2. The summed E-state index contributed by atoms with van der Waals surface area (Å²) in [6.45, 7) is 2.86. The molecule has 1 aliphatic heterocycles. The number of nitrogens with one attached hydrogen (secondary N) is 1. The second-order valence-corrected chi connectivity index (χ2v) is 5.96. The smallest absolute Gasteiger partial charge is 0.241 e. The van der Waals surface area contributed by atoms with Crippen LogP contribution in [0.15, 0.2) is 33.8 Å². The Morgan fingerprint density at radius 1 is 1.32 bits per heavy atom. The number of carbonyl (C=O) groups excluding carboxylic acids is 2. The molecule has 19 heavy (non-hydrogen) atoms. The van der Waals surface area contributed by atoms with Gasteiger partial charge in [-0.25, -0.2) is 5.01 Å². The van der Waals surface area contributed by atoms with Gasteiger partial charge in [0.2, 0.25) is 11.8 Å². The van der Waals surface area contributed by atoms with E-state index in [4.69, 9.17) is 0 Å². The maximum atomic E-state index is 11.6. The molecule has 0 aliphatic carbocycles. The first kappa shape index (κ1) is 14.1. The highest BCUT2D eigenvalue weighted by Crippen LogP contribution is 2.38. The minimum atomic E-state index is -0.243. The van der Waals surface area contributed by atoms with Gasteiger partial charge in [0, 0.05) is 18.3 Å². The number of rotatable bonds is 1. The number of hydrazone groups is 1. The number of hydrogen-bond donors (Lipinski definition) is 1. The van der Waals surface area contributed by atoms with Crippen LogP contribution in [0.5, 0.6) is 0 Å². The molecule has 0 spiro atoms. The number of thioether (sulfide) groups is 1. The SMILES string of the molecule is CC(=O)NC1=NN(C(C)=O)[C@H](c2ccc(Br)cc2)S1. The van der Waals surface area contributed by atoms with Gasteiger partial charge in [0.15, 0.2) is 5.17 Å². The Morgan fingerprint density at radius 2 is 1.95 bits per heavy atom. The van der Waals surface area contributed by atoms with Crippen molar-refractivity contribution in [1.82, 2.24) is 10.3 Å². The maximum Gasteiger partial charge on any atom is 0.241 e. The normalized spacial score (nSPS) is 18.2. The van der Waals surface area contributed by atoms with Gasteiger partial charge in [0.05, 0.1) is 0 Å². The Balaban J connectivity index is 2.24. The molecule has 1 aliphatic rings. The van der Waals surface area contributed by atoms with Gasteiger partial charge in [-0.2, -0.15) is 0 Å². The summed E-state index contributed by atoms with van der Waals surface area (Å²) < 4.78 is 0.969. The van der Waals surface area contributed by atoms with Crippen LogP contribution in [0.2, 0.25) is 0 Å². The fourth-order valence-electron chi connectivity index (χ4n) is 1.61. The van der Waals surface area contributed by atoms with E-state index in [1.165, 1.54) is 30.6 Å². The zero-order valence-electron chi connectivity index (χ0n) is 10.4. The lowest BCUT2D eigenvalue weighted by atomic mass is 10.2. The van der Waals surface area contributed by atoms with Gasteiger partial charge in [-0.15, -0.1) is 5.10 Å². The van der Waals surface area contributed by atoms with Crippen LogP contribution in [-0.4, -0.2) is 22.0 Å². The first-order valence-corrected chi connectivity index (χ1v) is 7.23. The van der Waals surface area contributed by atoms with Crippen LogP contribution < -0.4 is 5.32 Å². The van der Waals surface area contributed by atoms with Crippen LogP contribution in [0.25, 0.3) is 0 Å². The van der Waals surface area contributed by atoms with E-state index in [1.807, 2.05) is 24.3 Å². The van der Waals surface area contributed by atoms with Crippen LogP contribution in [0.3, 0.4) is 0 Å². The molecule has 2 amide bonds. The van der Waals surface area contributed by atoms with Crippen LogP contribution in [0, 0.1) is 0 Å². The second kappa shape index (κ2) is 5.75. The Bertz CT molecular complexity index is 544. The lowest BCUT2D eigenvalue weighted by Gasteiger charge is -2.19. The molecule has 0 bridgehead atoms. The first-order valence-electron chi connectivity index (χ1n) is 5.55. The standard InChI is InChI=1S/C12H12BrN3O2S/c1-7(17)14-12-15-16(8(2)18)11(19-12)9-3-5-10(13)6-4-9/h3-6,11H,1-2H3,(H,14,15,17)/t11-/m0/s1. The van der Waals surface area contributed by atoms with Crippen LogP contribution in [-0.2, 0) is 9.59 Å². The molecule has 1 N–H and O–H groups in total. The quantitative estimate of drug-likeness (QED) is 0.853. The molecule has 0 saturated heterocycles. The minimum absolute atomic E-state index is 0.166. The van der Waals surface area contributed by atoms with Crippen LogP contribution in [0.1, 0.15) is 24.8 Å². The third kappa shape index (κ3) is 3.36. The number of benzene rings is 1. The average molecular weight is 342 g/mol. The molecule has 5 nitrogen and oxygen atoms in total. The third-order valence-corrected chi connectivity index (χ3v) is 4.04. The summed E-state index contributed by atoms with van der Waals surface area (Å²) in [4.78, 5) is 22.7. The summed E-state index contributed by atoms with van der Waals surface area (Å²) in [5.74, 6) is -0.369. The molecule has 0 unspecified atom stereocenters. The summed E-state index contributed by atoms with van der Waals surface area (Å²) >= 11 is 4.71. The van der Waals surface area contributed by atoms with E-state index in [1.54, 1.807) is 0 Å². The number of amidine groups is 1. The highest BCUT2D eigenvalue weighted by Gasteiger charge is 2.32. The van der Waals surface area contributed by atoms with Gasteiger partial charge >= 0.3 is 0 Å². The van der Waals surface area contributed by atoms with E-state index in [9.17, 15) is 9.59 Å². The summed E-state index contributed by atoms with van der Waals surface area (Å²) in [6, 6.07) is 7.66. The molecule has 7 heteroatoms. The minimum Gasteiger partial charge on any atom is -0.304 e. The van der Waals surface area contributed by atoms with Gasteiger partial charge in [-0.05, 0) is 17.7 Å². The van der Waals surface area contributed by atoms with Gasteiger partial charge in [-0.1, -0.05) is 39.8 Å². The van der Waals surface area contributed by atoms with E-state index in [0.29, 0.717) is 5.17 Å². The highest BCUT2D eigenvalue weighted by atomic mass is 79.9. The van der Waals surface area contributed by atoms with Gasteiger partial charge in [0.25, 0.3) is 0 Å². The second-order valence-electron chi connectivity index (χ2n) is 3.97. The monoisotopic (exact) mass is 341 g/mol. The molecule has 100 valence electrons. The maximum absolute atomic E-state index is 11.6. The number of amides is 2. The van der Waals surface area contributed by atoms with Gasteiger partial charge < -0.3 is 5.32 Å². The Kier molecular flexibility index (Phi) is 4.26. The molecule has 0 fully saturated rings. The lowest BCUT2D eigenvalue weighted by Crippen LogP contribution is -2.25. The topological polar surface area (TPSA) is 61.8 Å². The first-order chi connectivity index (χ1) is 8.97. The zero-order valence-corrected chi connectivity index (χ0v) is 12.8. The zero-order chi connectivity index (χ0) is 14.0. The fourth-order valence-corrected chi connectivity index (χ4v) is 3.01. The third-order valence-electron chi connectivity index (χ3n) is 2.40. The largest absolute Gasteiger partial charge is 0.304 e. The van der Waals surface area contributed by atoms with E-state index >= 15 is 0 Å². The molecule has 1 aromatic carbocycles. The molecule has 0 aromatic heterocycles. The lowest BCUT2D eigenvalue weighted by molar-refractivity contribution is -0.129. The van der Waals surface area contributed by atoms with Crippen molar-refractivity contribution < 1.29 is 9.59 Å². The highest BCUT2D eigenvalue weighted by molar-refractivity contribution is 9.10. The van der Waals surface area contributed by atoms with Crippen molar-refractivity contribution >= 4 is 44.7 Å². The van der Waals surface area contributed by atoms with Crippen molar-refractivity contribution in [3.05, 3.63) is 34.3 Å². The summed E-state index contributed by atoms with van der Waals surface area (Å²) in [5, 5.41) is 8.31. The molecular weight excluding hydrogens is 330 g/mol. The fraction of sp³-hybridized carbons (Fsp3) is 0.250. The van der Waals surface area contributed by atoms with Crippen molar-refractivity contribution in [1.29, 1.82) is 0 Å². The molecule has 0 radical (unpaired) electrons. The molecular formula is C12H12BrN3O2S. The number of halogens is 1. The molecule has 1 aromatic rings. The Morgan fingerprint density at radius 3 is 2.47 bits per heavy atom. The Hall–Kier alpha value is -1.34. The summed E-state index contributed by atoms with van der Waals surface area (Å²) in [7, 11) is 0. The van der Waals surface area contributed by atoms with Gasteiger partial charge in [-0.3, -0.25) is 9.59 Å². The van der Waals surface area contributed by atoms with E-state index < -0.39 is 0 Å². The van der Waals surface area contributed by atoms with Crippen molar-refractivity contribution in [2.75, 3.05) is 0 Å². The van der Waals surface area contributed by atoms with Crippen molar-refractivity contribution in [2.24, 2.45) is 5.10 Å². The number of nitrogens with zero attached hydrogens (tertiary/aromatic N) is 2. The predicted molar refractivity (Wildman–Crippen MR) is 78.2 cm³/mol. The van der Waals surface area contributed by atoms with E-state index in [0.717, 1.165) is 10.0 Å². The van der Waals surface area contributed by atoms with Crippen molar-refractivity contribution in [2.45, 2.75) is 19.2 Å². The van der Waals surface area contributed by atoms with E-state index in [2.05, 4.69) is 26.3 Å². The molecule has 0 saturated carbocycles. The summed E-state index contributed by atoms with van der Waals surface area (Å²) in [6.07, 6.45) is 0. The van der Waals surface area contributed by atoms with Crippen LogP contribution in [0.4, 0.5) is 0 Å².